The molecule has 0 amide bonds. The maximum absolute atomic E-state index is 2.42. The second-order valence-electron chi connectivity index (χ2n) is 4.97. The van der Waals surface area contributed by atoms with Crippen molar-refractivity contribution in [1.29, 1.82) is 0 Å². The van der Waals surface area contributed by atoms with E-state index in [-0.39, 0.29) is 0 Å². The maximum Gasteiger partial charge on any atom is -0.0244 e. The minimum absolute atomic E-state index is 0.793. The molecule has 0 aromatic rings. The molecule has 0 heterocycles. The van der Waals surface area contributed by atoms with E-state index in [1.165, 1.54) is 51.4 Å². The van der Waals surface area contributed by atoms with Crippen LogP contribution in [0.3, 0.4) is 0 Å². The average molecular weight is 166 g/mol. The summed E-state index contributed by atoms with van der Waals surface area (Å²) in [5, 5.41) is 0. The summed E-state index contributed by atoms with van der Waals surface area (Å²) >= 11 is 0. The fourth-order valence-electron chi connectivity index (χ4n) is 4.30. The Hall–Kier alpha value is 0. The third-order valence-electron chi connectivity index (χ3n) is 5.10. The number of hydrogen-bond acceptors (Lipinski definition) is 0. The summed E-state index contributed by atoms with van der Waals surface area (Å²) in [7, 11) is 0. The van der Waals surface area contributed by atoms with Crippen LogP contribution in [0, 0.1) is 10.8 Å². The highest BCUT2D eigenvalue weighted by molar-refractivity contribution is 5.05. The molecule has 0 unspecified atom stereocenters. The molecular formula is C12H22. The lowest BCUT2D eigenvalue weighted by atomic mass is 9.65. The molecular weight excluding hydrogens is 144 g/mol. The van der Waals surface area contributed by atoms with Gasteiger partial charge in [0.25, 0.3) is 0 Å². The van der Waals surface area contributed by atoms with Gasteiger partial charge >= 0.3 is 0 Å². The predicted octanol–water partition coefficient (Wildman–Crippen LogP) is 4.15. The van der Waals surface area contributed by atoms with Crippen molar-refractivity contribution in [2.75, 3.05) is 0 Å². The van der Waals surface area contributed by atoms with E-state index in [4.69, 9.17) is 0 Å². The number of fused-ring (bicyclic) bond motifs is 1. The molecule has 0 radical (unpaired) electrons. The van der Waals surface area contributed by atoms with Gasteiger partial charge in [0.15, 0.2) is 0 Å². The third kappa shape index (κ3) is 0.843. The van der Waals surface area contributed by atoms with Gasteiger partial charge < -0.3 is 0 Å². The van der Waals surface area contributed by atoms with E-state index in [1.807, 2.05) is 0 Å². The van der Waals surface area contributed by atoms with E-state index in [0.717, 1.165) is 10.8 Å². The summed E-state index contributed by atoms with van der Waals surface area (Å²) in [6.45, 7) is 4.84. The average Bonchev–Trinajstić information content (AvgIpc) is 2.58. The Balaban J connectivity index is 2.29. The van der Waals surface area contributed by atoms with Crippen LogP contribution in [-0.4, -0.2) is 0 Å². The van der Waals surface area contributed by atoms with Crippen LogP contribution in [-0.2, 0) is 0 Å². The summed E-state index contributed by atoms with van der Waals surface area (Å²) in [4.78, 5) is 0. The predicted molar refractivity (Wildman–Crippen MR) is 53.2 cm³/mol. The minimum atomic E-state index is 0.793. The molecule has 0 heteroatoms. The zero-order valence-corrected chi connectivity index (χ0v) is 8.66. The zero-order chi connectivity index (χ0) is 8.66. The third-order valence-corrected chi connectivity index (χ3v) is 5.10. The standard InChI is InChI=1S/C12H22/c1-3-11-7-5-9-12(11,4-2)10-6-8-11/h3-10H2,1-2H3. The van der Waals surface area contributed by atoms with Crippen molar-refractivity contribution in [3.8, 4) is 0 Å². The molecule has 12 heavy (non-hydrogen) atoms. The van der Waals surface area contributed by atoms with Gasteiger partial charge in [-0.2, -0.15) is 0 Å². The lowest BCUT2D eigenvalue weighted by molar-refractivity contribution is 0.0998. The molecule has 2 aliphatic carbocycles. The minimum Gasteiger partial charge on any atom is -0.0648 e. The van der Waals surface area contributed by atoms with Gasteiger partial charge in [-0.3, -0.25) is 0 Å². The van der Waals surface area contributed by atoms with Crippen LogP contribution < -0.4 is 0 Å². The second kappa shape index (κ2) is 2.75. The largest absolute Gasteiger partial charge is 0.0648 e. The molecule has 2 rings (SSSR count). The van der Waals surface area contributed by atoms with Crippen molar-refractivity contribution in [1.82, 2.24) is 0 Å². The van der Waals surface area contributed by atoms with E-state index in [9.17, 15) is 0 Å². The molecule has 0 nitrogen and oxygen atoms in total. The van der Waals surface area contributed by atoms with Crippen molar-refractivity contribution in [2.24, 2.45) is 10.8 Å². The Bertz CT molecular complexity index is 141. The second-order valence-corrected chi connectivity index (χ2v) is 4.97. The SMILES string of the molecule is CCC12CCCC1(CC)CCC2. The normalized spacial score (nSPS) is 46.5. The molecule has 0 aliphatic heterocycles. The highest BCUT2D eigenvalue weighted by Gasteiger charge is 2.54. The van der Waals surface area contributed by atoms with Gasteiger partial charge in [0.2, 0.25) is 0 Å². The zero-order valence-electron chi connectivity index (χ0n) is 8.66. The molecule has 0 saturated heterocycles. The first kappa shape index (κ1) is 8.59. The van der Waals surface area contributed by atoms with Crippen LogP contribution in [0.2, 0.25) is 0 Å². The molecule has 0 bridgehead atoms. The van der Waals surface area contributed by atoms with Crippen LogP contribution >= 0.6 is 0 Å². The van der Waals surface area contributed by atoms with Crippen LogP contribution in [0.25, 0.3) is 0 Å². The van der Waals surface area contributed by atoms with E-state index >= 15 is 0 Å². The molecule has 0 spiro atoms. The van der Waals surface area contributed by atoms with Gasteiger partial charge in [-0.05, 0) is 49.4 Å². The first-order valence-electron chi connectivity index (χ1n) is 5.79. The van der Waals surface area contributed by atoms with Gasteiger partial charge in [0, 0.05) is 0 Å². The van der Waals surface area contributed by atoms with Crippen LogP contribution in [0.5, 0.6) is 0 Å². The van der Waals surface area contributed by atoms with Gasteiger partial charge in [-0.1, -0.05) is 26.7 Å². The summed E-state index contributed by atoms with van der Waals surface area (Å²) < 4.78 is 0. The fraction of sp³-hybridized carbons (Fsp3) is 1.00. The van der Waals surface area contributed by atoms with Gasteiger partial charge in [-0.25, -0.2) is 0 Å². The van der Waals surface area contributed by atoms with E-state index in [0.29, 0.717) is 0 Å². The fourth-order valence-corrected chi connectivity index (χ4v) is 4.30. The molecule has 0 aromatic carbocycles. The highest BCUT2D eigenvalue weighted by atomic mass is 14.6. The molecule has 0 atom stereocenters. The molecule has 2 saturated carbocycles. The molecule has 2 aliphatic rings. The Labute approximate surface area is 76.7 Å². The van der Waals surface area contributed by atoms with Crippen molar-refractivity contribution >= 4 is 0 Å². The summed E-state index contributed by atoms with van der Waals surface area (Å²) in [5.74, 6) is 0. The lowest BCUT2D eigenvalue weighted by Gasteiger charge is -2.40. The Morgan fingerprint density at radius 3 is 1.33 bits per heavy atom. The monoisotopic (exact) mass is 166 g/mol. The van der Waals surface area contributed by atoms with Gasteiger partial charge in [-0.15, -0.1) is 0 Å². The van der Waals surface area contributed by atoms with Gasteiger partial charge in [0.05, 0.1) is 0 Å². The highest BCUT2D eigenvalue weighted by Crippen LogP contribution is 2.65. The smallest absolute Gasteiger partial charge is 0.0244 e. The molecule has 2 fully saturated rings. The number of hydrogen-bond donors (Lipinski definition) is 0. The molecule has 70 valence electrons. The summed E-state index contributed by atoms with van der Waals surface area (Å²) in [6, 6.07) is 0. The maximum atomic E-state index is 2.42. The van der Waals surface area contributed by atoms with E-state index < -0.39 is 0 Å². The van der Waals surface area contributed by atoms with Crippen LogP contribution in [0.15, 0.2) is 0 Å². The van der Waals surface area contributed by atoms with Crippen LogP contribution in [0.4, 0.5) is 0 Å². The Morgan fingerprint density at radius 2 is 1.08 bits per heavy atom. The molecule has 0 N–H and O–H groups in total. The first-order valence-corrected chi connectivity index (χ1v) is 5.79. The first-order chi connectivity index (χ1) is 5.79. The molecule has 0 aromatic heterocycles. The summed E-state index contributed by atoms with van der Waals surface area (Å²) in [6.07, 6.45) is 12.1. The van der Waals surface area contributed by atoms with Crippen molar-refractivity contribution in [2.45, 2.75) is 65.2 Å². The summed E-state index contributed by atoms with van der Waals surface area (Å²) in [5.41, 5.74) is 1.59. The quantitative estimate of drug-likeness (QED) is 0.578. The van der Waals surface area contributed by atoms with Crippen molar-refractivity contribution in [3.63, 3.8) is 0 Å². The van der Waals surface area contributed by atoms with Crippen LogP contribution in [0.1, 0.15) is 65.2 Å². The van der Waals surface area contributed by atoms with E-state index in [2.05, 4.69) is 13.8 Å². The van der Waals surface area contributed by atoms with Crippen molar-refractivity contribution < 1.29 is 0 Å². The Morgan fingerprint density at radius 1 is 0.750 bits per heavy atom. The van der Waals surface area contributed by atoms with E-state index in [1.54, 1.807) is 0 Å². The number of rotatable bonds is 2. The van der Waals surface area contributed by atoms with Gasteiger partial charge in [0.1, 0.15) is 0 Å². The topological polar surface area (TPSA) is 0 Å². The Kier molecular flexibility index (Phi) is 1.97. The van der Waals surface area contributed by atoms with Crippen molar-refractivity contribution in [3.05, 3.63) is 0 Å². The lowest BCUT2D eigenvalue weighted by Crippen LogP contribution is -2.30.